The summed E-state index contributed by atoms with van der Waals surface area (Å²) in [5.74, 6) is 0.466. The molecule has 0 spiro atoms. The van der Waals surface area contributed by atoms with Crippen molar-refractivity contribution in [3.8, 4) is 0 Å². The summed E-state index contributed by atoms with van der Waals surface area (Å²) >= 11 is 0. The van der Waals surface area contributed by atoms with Gasteiger partial charge in [-0.3, -0.25) is 0 Å². The highest BCUT2D eigenvalue weighted by Gasteiger charge is 1.94. The summed E-state index contributed by atoms with van der Waals surface area (Å²) in [6.45, 7) is 0. The van der Waals surface area contributed by atoms with E-state index in [4.69, 9.17) is 11.1 Å². The van der Waals surface area contributed by atoms with Crippen molar-refractivity contribution in [2.75, 3.05) is 5.73 Å². The molecule has 0 radical (unpaired) electrons. The second-order valence-electron chi connectivity index (χ2n) is 2.11. The molecule has 0 saturated carbocycles. The average molecular weight is 164 g/mol. The number of hydrogen-bond donors (Lipinski definition) is 3. The molecule has 0 bridgehead atoms. The number of anilines is 1. The van der Waals surface area contributed by atoms with Crippen LogP contribution in [0.15, 0.2) is 23.4 Å². The predicted molar refractivity (Wildman–Crippen MR) is 47.5 cm³/mol. The molecule has 5 N–H and O–H groups in total. The van der Waals surface area contributed by atoms with E-state index in [1.54, 1.807) is 23.8 Å². The number of aromatic nitrogens is 1. The Hall–Kier alpha value is -1.75. The summed E-state index contributed by atoms with van der Waals surface area (Å²) in [5, 5.41) is 10.5. The van der Waals surface area contributed by atoms with Crippen LogP contribution in [-0.4, -0.2) is 17.4 Å². The molecule has 0 aromatic carbocycles. The van der Waals surface area contributed by atoms with E-state index in [0.29, 0.717) is 5.82 Å². The molecule has 0 fully saturated rings. The van der Waals surface area contributed by atoms with Crippen LogP contribution in [0.25, 0.3) is 0 Å². The van der Waals surface area contributed by atoms with E-state index in [1.165, 1.54) is 6.21 Å². The molecule has 5 heteroatoms. The maximum atomic E-state index is 6.68. The number of nitrogen functional groups attached to an aromatic ring is 1. The first-order valence-corrected chi connectivity index (χ1v) is 3.40. The van der Waals surface area contributed by atoms with Crippen LogP contribution in [0.4, 0.5) is 11.5 Å². The number of nitrogens with one attached hydrogen (secondary N) is 1. The summed E-state index contributed by atoms with van der Waals surface area (Å²) < 4.78 is 0. The third-order valence-electron chi connectivity index (χ3n) is 1.19. The van der Waals surface area contributed by atoms with E-state index >= 15 is 0 Å². The molecular formula is C7H10N5+. The first-order chi connectivity index (χ1) is 5.83. The smallest absolute Gasteiger partial charge is 0.161 e. The minimum atomic E-state index is 0.466. The number of hydrogen-bond acceptors (Lipinski definition) is 4. The fraction of sp³-hybridized carbons (Fsp3) is 0. The topological polar surface area (TPSA) is 91.7 Å². The zero-order chi connectivity index (χ0) is 8.81. The van der Waals surface area contributed by atoms with Crippen molar-refractivity contribution in [1.29, 1.82) is 5.41 Å². The van der Waals surface area contributed by atoms with Crippen molar-refractivity contribution >= 4 is 23.9 Å². The highest BCUT2D eigenvalue weighted by molar-refractivity contribution is 6.14. The van der Waals surface area contributed by atoms with E-state index in [9.17, 15) is 0 Å². The Morgan fingerprint density at radius 1 is 1.67 bits per heavy atom. The van der Waals surface area contributed by atoms with Gasteiger partial charge in [0.1, 0.15) is 12.0 Å². The molecule has 1 aromatic heterocycles. The molecule has 0 amide bonds. The average Bonchev–Trinajstić information content (AvgIpc) is 2.05. The standard InChI is InChI=1S/C7H9N5/c8-2-4-11-12-6-1-3-10-7(9)5-6/h1-5,8H,(H3,9,10,12)/p+1. The Kier molecular flexibility index (Phi) is 2.92. The minimum absolute atomic E-state index is 0.466. The summed E-state index contributed by atoms with van der Waals surface area (Å²) in [6.07, 6.45) is 4.11. The van der Waals surface area contributed by atoms with Gasteiger partial charge >= 0.3 is 0 Å². The molecule has 0 unspecified atom stereocenters. The van der Waals surface area contributed by atoms with Crippen LogP contribution >= 0.6 is 0 Å². The lowest BCUT2D eigenvalue weighted by Gasteiger charge is -1.92. The van der Waals surface area contributed by atoms with Crippen molar-refractivity contribution in [3.63, 3.8) is 0 Å². The molecule has 0 aliphatic rings. The Morgan fingerprint density at radius 3 is 3.17 bits per heavy atom. The van der Waals surface area contributed by atoms with Crippen LogP contribution in [0.3, 0.4) is 0 Å². The lowest BCUT2D eigenvalue weighted by atomic mass is 10.4. The van der Waals surface area contributed by atoms with Gasteiger partial charge in [0.25, 0.3) is 0 Å². The van der Waals surface area contributed by atoms with Crippen molar-refractivity contribution < 1.29 is 5.43 Å². The van der Waals surface area contributed by atoms with Gasteiger partial charge in [-0.15, -0.1) is 0 Å². The summed E-state index contributed by atoms with van der Waals surface area (Å²) in [7, 11) is 0. The maximum Gasteiger partial charge on any atom is 0.161 e. The molecule has 62 valence electrons. The summed E-state index contributed by atoms with van der Waals surface area (Å²) in [5.41, 5.74) is 7.92. The zero-order valence-corrected chi connectivity index (χ0v) is 6.44. The van der Waals surface area contributed by atoms with Gasteiger partial charge in [-0.25, -0.2) is 4.98 Å². The van der Waals surface area contributed by atoms with Crippen LogP contribution in [0.1, 0.15) is 0 Å². The zero-order valence-electron chi connectivity index (χ0n) is 6.44. The Morgan fingerprint density at radius 2 is 2.50 bits per heavy atom. The van der Waals surface area contributed by atoms with Crippen LogP contribution in [0.5, 0.6) is 0 Å². The van der Waals surface area contributed by atoms with Gasteiger partial charge in [0, 0.05) is 24.5 Å². The molecule has 12 heavy (non-hydrogen) atoms. The molecule has 1 aromatic rings. The maximum absolute atomic E-state index is 6.68. The molecule has 0 atom stereocenters. The minimum Gasteiger partial charge on any atom is -0.384 e. The Bertz CT molecular complexity index is 294. The highest BCUT2D eigenvalue weighted by atomic mass is 15.3. The van der Waals surface area contributed by atoms with E-state index in [2.05, 4.69) is 10.1 Å². The van der Waals surface area contributed by atoms with E-state index in [1.807, 2.05) is 0 Å². The highest BCUT2D eigenvalue weighted by Crippen LogP contribution is 2.01. The molecular weight excluding hydrogens is 154 g/mol. The monoisotopic (exact) mass is 164 g/mol. The molecule has 0 aliphatic heterocycles. The summed E-state index contributed by atoms with van der Waals surface area (Å²) in [6, 6.07) is 3.50. The third-order valence-corrected chi connectivity index (χ3v) is 1.19. The van der Waals surface area contributed by atoms with Crippen molar-refractivity contribution in [1.82, 2.24) is 4.98 Å². The van der Waals surface area contributed by atoms with E-state index < -0.39 is 0 Å². The Labute approximate surface area is 69.8 Å². The van der Waals surface area contributed by atoms with Gasteiger partial charge in [0.2, 0.25) is 0 Å². The number of quaternary nitrogens is 1. The molecule has 0 aliphatic carbocycles. The first kappa shape index (κ1) is 8.35. The Balaban J connectivity index is 2.63. The first-order valence-electron chi connectivity index (χ1n) is 3.40. The summed E-state index contributed by atoms with van der Waals surface area (Å²) in [4.78, 5) is 3.83. The SMILES string of the molecule is N=CC=N[NH2+]c1ccnc(N)c1. The predicted octanol–water partition coefficient (Wildman–Crippen LogP) is -0.506. The lowest BCUT2D eigenvalue weighted by Crippen LogP contribution is -2.71. The lowest BCUT2D eigenvalue weighted by molar-refractivity contribution is -0.576. The quantitative estimate of drug-likeness (QED) is 0.319. The molecule has 0 saturated heterocycles. The van der Waals surface area contributed by atoms with E-state index in [-0.39, 0.29) is 0 Å². The van der Waals surface area contributed by atoms with E-state index in [0.717, 1.165) is 11.9 Å². The largest absolute Gasteiger partial charge is 0.384 e. The number of pyridine rings is 1. The molecule has 1 rings (SSSR count). The van der Waals surface area contributed by atoms with Crippen LogP contribution in [-0.2, 0) is 0 Å². The number of nitrogens with two attached hydrogens (primary N) is 2. The molecule has 5 nitrogen and oxygen atoms in total. The number of rotatable bonds is 3. The second-order valence-corrected chi connectivity index (χ2v) is 2.11. The van der Waals surface area contributed by atoms with Gasteiger partial charge in [-0.2, -0.15) is 5.43 Å². The van der Waals surface area contributed by atoms with Gasteiger partial charge in [0.15, 0.2) is 5.69 Å². The van der Waals surface area contributed by atoms with Crippen molar-refractivity contribution in [3.05, 3.63) is 18.3 Å². The second kappa shape index (κ2) is 4.20. The van der Waals surface area contributed by atoms with Gasteiger partial charge in [0.05, 0.1) is 0 Å². The normalized spacial score (nSPS) is 10.3. The third kappa shape index (κ3) is 2.47. The van der Waals surface area contributed by atoms with Crippen LogP contribution < -0.4 is 11.2 Å². The fourth-order valence-corrected chi connectivity index (χ4v) is 0.718. The molecule has 1 heterocycles. The van der Waals surface area contributed by atoms with Gasteiger partial charge in [-0.05, 0) is 0 Å². The van der Waals surface area contributed by atoms with Crippen LogP contribution in [0, 0.1) is 5.41 Å². The fourth-order valence-electron chi connectivity index (χ4n) is 0.718. The van der Waals surface area contributed by atoms with Crippen molar-refractivity contribution in [2.24, 2.45) is 5.10 Å². The van der Waals surface area contributed by atoms with Crippen molar-refractivity contribution in [2.45, 2.75) is 0 Å². The van der Waals surface area contributed by atoms with Gasteiger partial charge in [-0.1, -0.05) is 5.10 Å². The van der Waals surface area contributed by atoms with Crippen LogP contribution in [0.2, 0.25) is 0 Å². The number of nitrogens with zero attached hydrogens (tertiary/aromatic N) is 2. The van der Waals surface area contributed by atoms with Gasteiger partial charge < -0.3 is 11.1 Å².